The summed E-state index contributed by atoms with van der Waals surface area (Å²) in [5.74, 6) is 0.0845. The van der Waals surface area contributed by atoms with E-state index in [0.717, 1.165) is 16.6 Å². The summed E-state index contributed by atoms with van der Waals surface area (Å²) in [7, 11) is -1.96. The number of hydrogen-bond donors (Lipinski definition) is 0. The highest BCUT2D eigenvalue weighted by molar-refractivity contribution is 6.82. The lowest BCUT2D eigenvalue weighted by atomic mass is 10.0. The highest BCUT2D eigenvalue weighted by atomic mass is 35.5. The Morgan fingerprint density at radius 2 is 1.69 bits per heavy atom. The number of carbonyl (C=O) groups is 1. The van der Waals surface area contributed by atoms with Crippen LogP contribution in [-0.4, -0.2) is 23.2 Å². The molecule has 29 heavy (non-hydrogen) atoms. The van der Waals surface area contributed by atoms with Gasteiger partial charge in [-0.15, -0.1) is 0 Å². The van der Waals surface area contributed by atoms with Gasteiger partial charge in [0.1, 0.15) is 5.65 Å². The molecule has 0 N–H and O–H groups in total. The summed E-state index contributed by atoms with van der Waals surface area (Å²) < 4.78 is 2.49. The number of aromatic nitrogens is 2. The number of carbonyl (C=O) groups excluding carboxylic acids is 1. The van der Waals surface area contributed by atoms with Gasteiger partial charge in [0, 0.05) is 34.8 Å². The topological polar surface area (TPSA) is 34.9 Å². The first kappa shape index (κ1) is 21.8. The van der Waals surface area contributed by atoms with Crippen LogP contribution in [0.2, 0.25) is 21.6 Å². The number of hydrogen-bond acceptors (Lipinski definition) is 2. The van der Waals surface area contributed by atoms with Crippen LogP contribution in [0.15, 0.2) is 48.8 Å². The van der Waals surface area contributed by atoms with E-state index in [1.165, 1.54) is 0 Å². The van der Waals surface area contributed by atoms with Gasteiger partial charge in [-0.25, -0.2) is 4.98 Å². The summed E-state index contributed by atoms with van der Waals surface area (Å²) in [6, 6.07) is 11.3. The van der Waals surface area contributed by atoms with Gasteiger partial charge in [-0.05, 0) is 46.5 Å². The van der Waals surface area contributed by atoms with Crippen LogP contribution in [0.3, 0.4) is 0 Å². The molecule has 0 aliphatic heterocycles. The Labute approximate surface area is 180 Å². The van der Waals surface area contributed by atoms with Gasteiger partial charge in [-0.1, -0.05) is 65.3 Å². The van der Waals surface area contributed by atoms with Crippen molar-refractivity contribution in [2.24, 2.45) is 0 Å². The van der Waals surface area contributed by atoms with Crippen molar-refractivity contribution < 1.29 is 4.79 Å². The molecular formula is C24H31ClN2OSi. The van der Waals surface area contributed by atoms with Gasteiger partial charge in [0.25, 0.3) is 0 Å². The average Bonchev–Trinajstić information content (AvgIpc) is 3.00. The second-order valence-electron chi connectivity index (χ2n) is 8.86. The zero-order valence-electron chi connectivity index (χ0n) is 18.2. The smallest absolute Gasteiger partial charge is 0.171 e. The quantitative estimate of drug-likeness (QED) is 0.297. The fraction of sp³-hybridized carbons (Fsp3) is 0.417. The minimum Gasteiger partial charge on any atom is -0.358 e. The van der Waals surface area contributed by atoms with Gasteiger partial charge in [-0.3, -0.25) is 4.79 Å². The molecule has 0 unspecified atom stereocenters. The molecule has 0 aliphatic rings. The van der Waals surface area contributed by atoms with E-state index in [-0.39, 0.29) is 5.78 Å². The van der Waals surface area contributed by atoms with E-state index in [1.54, 1.807) is 12.1 Å². The van der Waals surface area contributed by atoms with Crippen LogP contribution in [0.1, 0.15) is 57.5 Å². The molecule has 2 heterocycles. The van der Waals surface area contributed by atoms with Crippen molar-refractivity contribution in [3.8, 4) is 0 Å². The van der Waals surface area contributed by atoms with Crippen molar-refractivity contribution in [2.45, 2.75) is 64.6 Å². The lowest BCUT2D eigenvalue weighted by Crippen LogP contribution is -2.51. The molecule has 3 aromatic rings. The molecular weight excluding hydrogens is 396 g/mol. The average molecular weight is 427 g/mol. The molecule has 1 aromatic carbocycles. The molecule has 3 rings (SSSR count). The third-order valence-corrected chi connectivity index (χ3v) is 13.3. The maximum atomic E-state index is 13.0. The number of fused-ring (bicyclic) bond motifs is 1. The zero-order valence-corrected chi connectivity index (χ0v) is 20.0. The van der Waals surface area contributed by atoms with Crippen LogP contribution in [0.4, 0.5) is 0 Å². The van der Waals surface area contributed by atoms with Gasteiger partial charge < -0.3 is 4.23 Å². The van der Waals surface area contributed by atoms with E-state index >= 15 is 0 Å². The van der Waals surface area contributed by atoms with E-state index in [9.17, 15) is 4.79 Å². The van der Waals surface area contributed by atoms with Crippen molar-refractivity contribution in [3.05, 3.63) is 64.9 Å². The van der Waals surface area contributed by atoms with E-state index in [0.29, 0.717) is 33.6 Å². The van der Waals surface area contributed by atoms with Crippen LogP contribution in [0.5, 0.6) is 0 Å². The fourth-order valence-corrected chi connectivity index (χ4v) is 12.1. The lowest BCUT2D eigenvalue weighted by Gasteiger charge is -2.44. The second-order valence-corrected chi connectivity index (χ2v) is 15.0. The van der Waals surface area contributed by atoms with Crippen molar-refractivity contribution in [1.29, 1.82) is 0 Å². The van der Waals surface area contributed by atoms with Crippen LogP contribution in [-0.2, 0) is 6.42 Å². The summed E-state index contributed by atoms with van der Waals surface area (Å²) in [6.45, 7) is 14.1. The molecule has 0 spiro atoms. The van der Waals surface area contributed by atoms with E-state index in [4.69, 9.17) is 16.6 Å². The summed E-state index contributed by atoms with van der Waals surface area (Å²) in [4.78, 5) is 17.8. The maximum Gasteiger partial charge on any atom is 0.171 e. The minimum absolute atomic E-state index is 0.0845. The zero-order chi connectivity index (χ0) is 21.3. The number of nitrogens with zero attached hydrogens (tertiary/aromatic N) is 2. The van der Waals surface area contributed by atoms with Gasteiger partial charge in [0.05, 0.1) is 0 Å². The first-order valence-corrected chi connectivity index (χ1v) is 13.0. The number of halogens is 1. The van der Waals surface area contributed by atoms with Gasteiger partial charge in [0.15, 0.2) is 14.0 Å². The Morgan fingerprint density at radius 3 is 2.28 bits per heavy atom. The molecule has 154 valence electrons. The molecule has 0 saturated heterocycles. The number of Topliss-reactive ketones (excluding diaryl/α,β-unsaturated/α-hetero) is 1. The first-order chi connectivity index (χ1) is 13.7. The van der Waals surface area contributed by atoms with Crippen LogP contribution in [0.25, 0.3) is 11.0 Å². The molecule has 0 atom stereocenters. The third-order valence-electron chi connectivity index (χ3n) is 6.34. The highest BCUT2D eigenvalue weighted by Crippen LogP contribution is 2.44. The van der Waals surface area contributed by atoms with Crippen LogP contribution < -0.4 is 0 Å². The summed E-state index contributed by atoms with van der Waals surface area (Å²) in [5.41, 5.74) is 4.38. The Bertz CT molecular complexity index is 1000. The number of pyridine rings is 1. The molecule has 3 nitrogen and oxygen atoms in total. The van der Waals surface area contributed by atoms with Crippen LogP contribution in [0, 0.1) is 0 Å². The molecule has 0 bridgehead atoms. The molecule has 2 aromatic heterocycles. The van der Waals surface area contributed by atoms with Crippen molar-refractivity contribution in [3.63, 3.8) is 0 Å². The normalized spacial score (nSPS) is 12.5. The Morgan fingerprint density at radius 1 is 1.03 bits per heavy atom. The third kappa shape index (κ3) is 3.80. The Balaban J connectivity index is 2.16. The van der Waals surface area contributed by atoms with Crippen molar-refractivity contribution in [1.82, 2.24) is 9.22 Å². The monoisotopic (exact) mass is 426 g/mol. The van der Waals surface area contributed by atoms with E-state index in [1.807, 2.05) is 24.4 Å². The number of ketones is 1. The van der Waals surface area contributed by atoms with Crippen LogP contribution >= 0.6 is 11.6 Å². The van der Waals surface area contributed by atoms with Crippen molar-refractivity contribution in [2.75, 3.05) is 0 Å². The fourth-order valence-electron chi connectivity index (χ4n) is 5.33. The SMILES string of the molecule is CC(C)[Si](C(C)C)(C(C)C)n1cc(CC(=O)c2cccc(Cl)c2)c2cccnc21. The molecule has 0 aliphatic carbocycles. The summed E-state index contributed by atoms with van der Waals surface area (Å²) in [5, 5.41) is 1.67. The number of rotatable bonds is 7. The maximum absolute atomic E-state index is 13.0. The highest BCUT2D eigenvalue weighted by Gasteiger charge is 2.46. The predicted molar refractivity (Wildman–Crippen MR) is 126 cm³/mol. The van der Waals surface area contributed by atoms with Gasteiger partial charge in [0.2, 0.25) is 0 Å². The number of benzene rings is 1. The largest absolute Gasteiger partial charge is 0.358 e. The lowest BCUT2D eigenvalue weighted by molar-refractivity contribution is 0.0993. The molecule has 5 heteroatoms. The summed E-state index contributed by atoms with van der Waals surface area (Å²) in [6.07, 6.45) is 4.45. The standard InChI is InChI=1S/C24H31ClN2OSi/c1-16(2)29(17(3)4,18(5)6)27-15-20(22-11-8-12-26-24(22)27)14-23(28)19-9-7-10-21(25)13-19/h7-13,15-18H,14H2,1-6H3. The Kier molecular flexibility index (Phi) is 6.35. The molecule has 0 amide bonds. The first-order valence-electron chi connectivity index (χ1n) is 10.4. The van der Waals surface area contributed by atoms with Gasteiger partial charge in [-0.2, -0.15) is 0 Å². The Hall–Kier alpha value is -1.91. The minimum atomic E-state index is -1.96. The van der Waals surface area contributed by atoms with E-state index in [2.05, 4.69) is 58.0 Å². The molecule has 0 radical (unpaired) electrons. The second kappa shape index (κ2) is 8.45. The molecule has 0 saturated carbocycles. The van der Waals surface area contributed by atoms with E-state index < -0.39 is 8.24 Å². The van der Waals surface area contributed by atoms with Gasteiger partial charge >= 0.3 is 0 Å². The molecule has 0 fully saturated rings. The summed E-state index contributed by atoms with van der Waals surface area (Å²) >= 11 is 6.09. The van der Waals surface area contributed by atoms with Crippen molar-refractivity contribution >= 4 is 36.7 Å². The predicted octanol–water partition coefficient (Wildman–Crippen LogP) is 7.14.